The molecule has 5 nitrogen and oxygen atoms in total. The van der Waals surface area contributed by atoms with Gasteiger partial charge in [0.15, 0.2) is 0 Å². The number of carboxylic acid groups (broad SMARTS) is 1. The van der Waals surface area contributed by atoms with Crippen molar-refractivity contribution in [3.63, 3.8) is 0 Å². The summed E-state index contributed by atoms with van der Waals surface area (Å²) >= 11 is 3.29. The molecule has 0 aromatic heterocycles. The lowest BCUT2D eigenvalue weighted by atomic mass is 10.2. The van der Waals surface area contributed by atoms with Crippen molar-refractivity contribution in [2.75, 3.05) is 11.9 Å². The van der Waals surface area contributed by atoms with E-state index in [-0.39, 0.29) is 12.3 Å². The molecule has 17 heavy (non-hydrogen) atoms. The van der Waals surface area contributed by atoms with E-state index in [2.05, 4.69) is 15.9 Å². The topological polar surface area (TPSA) is 83.6 Å². The number of rotatable bonds is 4. The van der Waals surface area contributed by atoms with Crippen molar-refractivity contribution < 1.29 is 14.7 Å². The summed E-state index contributed by atoms with van der Waals surface area (Å²) in [5, 5.41) is 8.62. The fraction of sp³-hybridized carbons (Fsp3) is 0.273. The highest BCUT2D eigenvalue weighted by molar-refractivity contribution is 9.10. The number of carbonyl (C=O) groups excluding carboxylic acids is 1. The Bertz CT molecular complexity index is 419. The van der Waals surface area contributed by atoms with E-state index >= 15 is 0 Å². The highest BCUT2D eigenvalue weighted by Crippen LogP contribution is 2.17. The number of carboxylic acids is 1. The lowest BCUT2D eigenvalue weighted by Gasteiger charge is -2.18. The largest absolute Gasteiger partial charge is 0.480 e. The first-order valence-electron chi connectivity index (χ1n) is 4.92. The quantitative estimate of drug-likeness (QED) is 0.875. The van der Waals surface area contributed by atoms with Crippen molar-refractivity contribution in [3.8, 4) is 0 Å². The summed E-state index contributed by atoms with van der Waals surface area (Å²) in [6.07, 6.45) is -0.220. The van der Waals surface area contributed by atoms with Gasteiger partial charge in [-0.3, -0.25) is 9.59 Å². The van der Waals surface area contributed by atoms with Gasteiger partial charge in [0.2, 0.25) is 5.91 Å². The van der Waals surface area contributed by atoms with Crippen LogP contribution in [0, 0.1) is 0 Å². The van der Waals surface area contributed by atoms with Gasteiger partial charge in [0.1, 0.15) is 6.04 Å². The molecular formula is C11H13BrN2O3. The minimum absolute atomic E-state index is 0.220. The molecule has 1 rings (SSSR count). The van der Waals surface area contributed by atoms with Crippen molar-refractivity contribution in [1.82, 2.24) is 0 Å². The minimum atomic E-state index is -1.18. The third-order valence-corrected chi connectivity index (χ3v) is 2.83. The minimum Gasteiger partial charge on any atom is -0.480 e. The van der Waals surface area contributed by atoms with Crippen LogP contribution in [0.1, 0.15) is 6.42 Å². The Labute approximate surface area is 107 Å². The third-order valence-electron chi connectivity index (χ3n) is 2.30. The fourth-order valence-corrected chi connectivity index (χ4v) is 1.49. The Hall–Kier alpha value is -1.40. The van der Waals surface area contributed by atoms with Crippen LogP contribution in [0.4, 0.5) is 5.69 Å². The van der Waals surface area contributed by atoms with Gasteiger partial charge < -0.3 is 15.7 Å². The van der Waals surface area contributed by atoms with E-state index in [4.69, 9.17) is 10.8 Å². The van der Waals surface area contributed by atoms with Crippen LogP contribution in [0.15, 0.2) is 28.7 Å². The van der Waals surface area contributed by atoms with Crippen LogP contribution in [0.25, 0.3) is 0 Å². The number of nitrogens with zero attached hydrogens (tertiary/aromatic N) is 1. The van der Waals surface area contributed by atoms with Crippen molar-refractivity contribution >= 4 is 33.5 Å². The third kappa shape index (κ3) is 3.83. The molecule has 1 amide bonds. The molecule has 0 bridgehead atoms. The average Bonchev–Trinajstić information content (AvgIpc) is 2.28. The SMILES string of the molecule is CN(C(=O)CC(N)C(=O)O)c1ccc(Br)cc1. The van der Waals surface area contributed by atoms with Crippen LogP contribution in [0.5, 0.6) is 0 Å². The maximum absolute atomic E-state index is 11.7. The predicted molar refractivity (Wildman–Crippen MR) is 67.8 cm³/mol. The van der Waals surface area contributed by atoms with Gasteiger partial charge in [-0.25, -0.2) is 0 Å². The van der Waals surface area contributed by atoms with E-state index in [1.807, 2.05) is 0 Å². The summed E-state index contributed by atoms with van der Waals surface area (Å²) in [7, 11) is 1.58. The van der Waals surface area contributed by atoms with Gasteiger partial charge in [0.25, 0.3) is 0 Å². The van der Waals surface area contributed by atoms with Gasteiger partial charge in [0.05, 0.1) is 6.42 Å². The Morgan fingerprint density at radius 3 is 2.41 bits per heavy atom. The van der Waals surface area contributed by atoms with Crippen LogP contribution in [-0.4, -0.2) is 30.1 Å². The van der Waals surface area contributed by atoms with Gasteiger partial charge in [-0.05, 0) is 24.3 Å². The van der Waals surface area contributed by atoms with Gasteiger partial charge in [-0.1, -0.05) is 15.9 Å². The molecule has 0 heterocycles. The molecule has 0 aliphatic rings. The van der Waals surface area contributed by atoms with E-state index < -0.39 is 12.0 Å². The number of hydrogen-bond acceptors (Lipinski definition) is 3. The standard InChI is InChI=1S/C11H13BrN2O3/c1-14(8-4-2-7(12)3-5-8)10(15)6-9(13)11(16)17/h2-5,9H,6,13H2,1H3,(H,16,17). The second kappa shape index (κ2) is 5.79. The summed E-state index contributed by atoms with van der Waals surface area (Å²) in [5.74, 6) is -1.51. The first-order valence-corrected chi connectivity index (χ1v) is 5.71. The number of aliphatic carboxylic acids is 1. The normalized spacial score (nSPS) is 11.9. The number of benzene rings is 1. The molecule has 0 aliphatic heterocycles. The summed E-state index contributed by atoms with van der Waals surface area (Å²) in [6.45, 7) is 0. The highest BCUT2D eigenvalue weighted by Gasteiger charge is 2.19. The maximum Gasteiger partial charge on any atom is 0.321 e. The van der Waals surface area contributed by atoms with E-state index in [0.717, 1.165) is 4.47 Å². The molecule has 3 N–H and O–H groups in total. The Balaban J connectivity index is 2.70. The number of nitrogens with two attached hydrogens (primary N) is 1. The lowest BCUT2D eigenvalue weighted by molar-refractivity contribution is -0.140. The molecule has 92 valence electrons. The molecule has 1 atom stereocenters. The van der Waals surface area contributed by atoms with Crippen LogP contribution in [-0.2, 0) is 9.59 Å². The number of anilines is 1. The van der Waals surface area contributed by atoms with Crippen molar-refractivity contribution in [3.05, 3.63) is 28.7 Å². The molecule has 6 heteroatoms. The zero-order valence-corrected chi connectivity index (χ0v) is 10.8. The van der Waals surface area contributed by atoms with Crippen LogP contribution in [0.2, 0.25) is 0 Å². The Morgan fingerprint density at radius 2 is 1.94 bits per heavy atom. The molecule has 0 fully saturated rings. The highest BCUT2D eigenvalue weighted by atomic mass is 79.9. The van der Waals surface area contributed by atoms with E-state index in [0.29, 0.717) is 5.69 Å². The summed E-state index contributed by atoms with van der Waals surface area (Å²) < 4.78 is 0.907. The maximum atomic E-state index is 11.7. The van der Waals surface area contributed by atoms with Gasteiger partial charge in [-0.2, -0.15) is 0 Å². The van der Waals surface area contributed by atoms with Crippen molar-refractivity contribution in [2.45, 2.75) is 12.5 Å². The Morgan fingerprint density at radius 1 is 1.41 bits per heavy atom. The van der Waals surface area contributed by atoms with Crippen LogP contribution >= 0.6 is 15.9 Å². The molecule has 1 aromatic carbocycles. The van der Waals surface area contributed by atoms with Crippen molar-refractivity contribution in [1.29, 1.82) is 0 Å². The molecule has 0 spiro atoms. The van der Waals surface area contributed by atoms with Crippen molar-refractivity contribution in [2.24, 2.45) is 5.73 Å². The second-order valence-electron chi connectivity index (χ2n) is 3.58. The smallest absolute Gasteiger partial charge is 0.321 e. The fourth-order valence-electron chi connectivity index (χ4n) is 1.22. The zero-order valence-electron chi connectivity index (χ0n) is 9.26. The van der Waals surface area contributed by atoms with E-state index in [9.17, 15) is 9.59 Å². The number of amides is 1. The van der Waals surface area contributed by atoms with Crippen LogP contribution in [0.3, 0.4) is 0 Å². The molecule has 0 saturated heterocycles. The van der Waals surface area contributed by atoms with Gasteiger partial charge in [-0.15, -0.1) is 0 Å². The molecular weight excluding hydrogens is 288 g/mol. The summed E-state index contributed by atoms with van der Waals surface area (Å²) in [4.78, 5) is 23.6. The van der Waals surface area contributed by atoms with Gasteiger partial charge in [0, 0.05) is 17.2 Å². The number of hydrogen-bond donors (Lipinski definition) is 2. The molecule has 0 aliphatic carbocycles. The first kappa shape index (κ1) is 13.7. The van der Waals surface area contributed by atoms with Gasteiger partial charge >= 0.3 is 5.97 Å². The second-order valence-corrected chi connectivity index (χ2v) is 4.49. The van der Waals surface area contributed by atoms with E-state index in [1.54, 1.807) is 31.3 Å². The molecule has 1 unspecified atom stereocenters. The predicted octanol–water partition coefficient (Wildman–Crippen LogP) is 1.21. The summed E-state index contributed by atoms with van der Waals surface area (Å²) in [6, 6.07) is 5.95. The summed E-state index contributed by atoms with van der Waals surface area (Å²) in [5.41, 5.74) is 5.99. The Kier molecular flexibility index (Phi) is 4.65. The molecule has 0 radical (unpaired) electrons. The first-order chi connectivity index (χ1) is 7.91. The lowest BCUT2D eigenvalue weighted by Crippen LogP contribution is -2.37. The average molecular weight is 301 g/mol. The van der Waals surface area contributed by atoms with E-state index in [1.165, 1.54) is 4.90 Å². The molecule has 1 aromatic rings. The number of carbonyl (C=O) groups is 2. The van der Waals surface area contributed by atoms with Crippen LogP contribution < -0.4 is 10.6 Å². The zero-order chi connectivity index (χ0) is 13.0. The number of halogens is 1. The molecule has 0 saturated carbocycles. The monoisotopic (exact) mass is 300 g/mol.